The van der Waals surface area contributed by atoms with Crippen LogP contribution in [0.15, 0.2) is 18.2 Å². The predicted octanol–water partition coefficient (Wildman–Crippen LogP) is 3.94. The van der Waals surface area contributed by atoms with Crippen LogP contribution in [0.4, 0.5) is 13.2 Å². The highest BCUT2D eigenvalue weighted by molar-refractivity contribution is 6.32. The molecule has 0 heterocycles. The van der Waals surface area contributed by atoms with E-state index in [1.807, 2.05) is 6.92 Å². The maximum absolute atomic E-state index is 12.7. The van der Waals surface area contributed by atoms with Gasteiger partial charge in [-0.25, -0.2) is 0 Å². The number of aliphatic hydroxyl groups excluding tert-OH is 1. The molecule has 7 heteroatoms. The third-order valence-corrected chi connectivity index (χ3v) is 3.11. The van der Waals surface area contributed by atoms with Crippen molar-refractivity contribution in [2.45, 2.75) is 38.1 Å². The number of hydrogen-bond acceptors (Lipinski definition) is 2. The summed E-state index contributed by atoms with van der Waals surface area (Å²) in [4.78, 5) is 0. The molecule has 0 aromatic heterocycles. The Morgan fingerprint density at radius 2 is 1.95 bits per heavy atom. The summed E-state index contributed by atoms with van der Waals surface area (Å²) in [7, 11) is 0. The van der Waals surface area contributed by atoms with Gasteiger partial charge in [-0.1, -0.05) is 37.1 Å². The van der Waals surface area contributed by atoms with Gasteiger partial charge in [0, 0.05) is 0 Å². The van der Waals surface area contributed by atoms with Gasteiger partial charge in [0.25, 0.3) is 0 Å². The van der Waals surface area contributed by atoms with Gasteiger partial charge in [-0.3, -0.25) is 0 Å². The second-order valence-corrected chi connectivity index (χ2v) is 4.47. The lowest BCUT2D eigenvalue weighted by atomic mass is 9.97. The molecular weight excluding hydrogens is 302 g/mol. The SMILES string of the molecule is CCC[C@@H](O)[C@@H](N)c1cccc(C(F)(F)F)c1Cl.Cl. The van der Waals surface area contributed by atoms with Gasteiger partial charge in [-0.15, -0.1) is 12.4 Å². The molecule has 0 fully saturated rings. The fourth-order valence-electron chi connectivity index (χ4n) is 1.71. The molecule has 0 aliphatic carbocycles. The Bertz CT molecular complexity index is 412. The minimum absolute atomic E-state index is 0. The second kappa shape index (κ2) is 7.33. The summed E-state index contributed by atoms with van der Waals surface area (Å²) in [5, 5.41) is 9.29. The predicted molar refractivity (Wildman–Crippen MR) is 71.5 cm³/mol. The molecule has 0 amide bonds. The Kier molecular flexibility index (Phi) is 7.15. The molecule has 3 N–H and O–H groups in total. The molecule has 0 bridgehead atoms. The molecule has 1 rings (SSSR count). The lowest BCUT2D eigenvalue weighted by Crippen LogP contribution is -2.26. The van der Waals surface area contributed by atoms with Crippen LogP contribution in [0.5, 0.6) is 0 Å². The third-order valence-electron chi connectivity index (χ3n) is 2.69. The maximum atomic E-state index is 12.7. The van der Waals surface area contributed by atoms with Crippen LogP contribution in [0.1, 0.15) is 36.9 Å². The second-order valence-electron chi connectivity index (χ2n) is 4.09. The molecule has 110 valence electrons. The van der Waals surface area contributed by atoms with E-state index in [1.165, 1.54) is 12.1 Å². The quantitative estimate of drug-likeness (QED) is 0.883. The van der Waals surface area contributed by atoms with E-state index >= 15 is 0 Å². The van der Waals surface area contributed by atoms with Crippen LogP contribution in [0.25, 0.3) is 0 Å². The Hall–Kier alpha value is -0.490. The highest BCUT2D eigenvalue weighted by atomic mass is 35.5. The number of halogens is 5. The summed E-state index contributed by atoms with van der Waals surface area (Å²) in [6.07, 6.45) is -4.34. The normalized spacial score (nSPS) is 14.7. The van der Waals surface area contributed by atoms with E-state index in [2.05, 4.69) is 0 Å². The largest absolute Gasteiger partial charge is 0.417 e. The number of nitrogens with two attached hydrogens (primary N) is 1. The van der Waals surface area contributed by atoms with E-state index in [0.29, 0.717) is 12.8 Å². The lowest BCUT2D eigenvalue weighted by Gasteiger charge is -2.21. The summed E-state index contributed by atoms with van der Waals surface area (Å²) >= 11 is 5.72. The van der Waals surface area contributed by atoms with E-state index in [-0.39, 0.29) is 18.0 Å². The van der Waals surface area contributed by atoms with Crippen molar-refractivity contribution in [2.75, 3.05) is 0 Å². The lowest BCUT2D eigenvalue weighted by molar-refractivity contribution is -0.137. The summed E-state index contributed by atoms with van der Waals surface area (Å²) in [5.74, 6) is 0. The van der Waals surface area contributed by atoms with Crippen LogP contribution < -0.4 is 5.73 Å². The Balaban J connectivity index is 0.00000324. The highest BCUT2D eigenvalue weighted by Crippen LogP contribution is 2.38. The molecule has 0 aliphatic heterocycles. The number of alkyl halides is 3. The maximum Gasteiger partial charge on any atom is 0.417 e. The summed E-state index contributed by atoms with van der Waals surface area (Å²) < 4.78 is 38.0. The molecule has 0 aliphatic rings. The van der Waals surface area contributed by atoms with Gasteiger partial charge in [-0.2, -0.15) is 13.2 Å². The van der Waals surface area contributed by atoms with Crippen molar-refractivity contribution in [3.8, 4) is 0 Å². The fourth-order valence-corrected chi connectivity index (χ4v) is 2.07. The number of rotatable bonds is 4. The molecule has 2 nitrogen and oxygen atoms in total. The van der Waals surface area contributed by atoms with Crippen molar-refractivity contribution >= 4 is 24.0 Å². The molecule has 0 unspecified atom stereocenters. The van der Waals surface area contributed by atoms with Crippen molar-refractivity contribution in [1.82, 2.24) is 0 Å². The van der Waals surface area contributed by atoms with Gasteiger partial charge < -0.3 is 10.8 Å². The Morgan fingerprint density at radius 1 is 1.37 bits per heavy atom. The van der Waals surface area contributed by atoms with Gasteiger partial charge in [-0.05, 0) is 18.1 Å². The van der Waals surface area contributed by atoms with Crippen LogP contribution in [-0.2, 0) is 6.18 Å². The van der Waals surface area contributed by atoms with Crippen molar-refractivity contribution < 1.29 is 18.3 Å². The minimum Gasteiger partial charge on any atom is -0.391 e. The minimum atomic E-state index is -4.53. The average Bonchev–Trinajstić information content (AvgIpc) is 2.27. The zero-order valence-electron chi connectivity index (χ0n) is 10.2. The van der Waals surface area contributed by atoms with E-state index in [1.54, 1.807) is 0 Å². The molecule has 0 saturated heterocycles. The first-order valence-electron chi connectivity index (χ1n) is 5.58. The van der Waals surface area contributed by atoms with Crippen molar-refractivity contribution in [3.05, 3.63) is 34.3 Å². The number of benzene rings is 1. The van der Waals surface area contributed by atoms with Crippen LogP contribution in [0.3, 0.4) is 0 Å². The first-order chi connectivity index (χ1) is 8.29. The molecular formula is C12H16Cl2F3NO. The third kappa shape index (κ3) is 4.53. The zero-order valence-corrected chi connectivity index (χ0v) is 11.8. The van der Waals surface area contributed by atoms with E-state index in [4.69, 9.17) is 17.3 Å². The van der Waals surface area contributed by atoms with Crippen LogP contribution >= 0.6 is 24.0 Å². The smallest absolute Gasteiger partial charge is 0.391 e. The summed E-state index contributed by atoms with van der Waals surface area (Å²) in [6, 6.07) is 2.62. The fraction of sp³-hybridized carbons (Fsp3) is 0.500. The van der Waals surface area contributed by atoms with E-state index < -0.39 is 28.9 Å². The van der Waals surface area contributed by atoms with Crippen molar-refractivity contribution in [1.29, 1.82) is 0 Å². The monoisotopic (exact) mass is 317 g/mol. The van der Waals surface area contributed by atoms with Crippen molar-refractivity contribution in [3.63, 3.8) is 0 Å². The van der Waals surface area contributed by atoms with E-state index in [0.717, 1.165) is 6.07 Å². The molecule has 1 aromatic carbocycles. The zero-order chi connectivity index (χ0) is 13.9. The van der Waals surface area contributed by atoms with Gasteiger partial charge in [0.05, 0.1) is 22.7 Å². The van der Waals surface area contributed by atoms with Crippen LogP contribution in [0.2, 0.25) is 5.02 Å². The number of aliphatic hydroxyl groups is 1. The highest BCUT2D eigenvalue weighted by Gasteiger charge is 2.35. The van der Waals surface area contributed by atoms with Gasteiger partial charge >= 0.3 is 6.18 Å². The summed E-state index contributed by atoms with van der Waals surface area (Å²) in [6.45, 7) is 1.85. The molecule has 19 heavy (non-hydrogen) atoms. The van der Waals surface area contributed by atoms with Gasteiger partial charge in [0.15, 0.2) is 0 Å². The van der Waals surface area contributed by atoms with Crippen molar-refractivity contribution in [2.24, 2.45) is 5.73 Å². The average molecular weight is 318 g/mol. The van der Waals surface area contributed by atoms with Gasteiger partial charge in [0.1, 0.15) is 0 Å². The number of hydrogen-bond donors (Lipinski definition) is 2. The molecule has 0 saturated carbocycles. The standard InChI is InChI=1S/C12H15ClF3NO.ClH/c1-2-4-9(18)11(17)7-5-3-6-8(10(7)13)12(14,15)16;/h3,5-6,9,11,18H,2,4,17H2,1H3;1H/t9-,11+;/m1./s1. The van der Waals surface area contributed by atoms with Crippen LogP contribution in [-0.4, -0.2) is 11.2 Å². The molecule has 1 aromatic rings. The summed E-state index contributed by atoms with van der Waals surface area (Å²) in [5.41, 5.74) is 4.92. The van der Waals surface area contributed by atoms with Crippen LogP contribution in [0, 0.1) is 0 Å². The van der Waals surface area contributed by atoms with E-state index in [9.17, 15) is 18.3 Å². The molecule has 2 atom stereocenters. The Morgan fingerprint density at radius 3 is 2.42 bits per heavy atom. The Labute approximate surface area is 121 Å². The van der Waals surface area contributed by atoms with Gasteiger partial charge in [0.2, 0.25) is 0 Å². The topological polar surface area (TPSA) is 46.2 Å². The first kappa shape index (κ1) is 18.5. The molecule has 0 radical (unpaired) electrons. The molecule has 0 spiro atoms. The first-order valence-corrected chi connectivity index (χ1v) is 5.96.